The zero-order chi connectivity index (χ0) is 23.8. The van der Waals surface area contributed by atoms with Crippen molar-refractivity contribution in [1.82, 2.24) is 0 Å². The van der Waals surface area contributed by atoms with Gasteiger partial charge in [-0.05, 0) is 55.5 Å². The van der Waals surface area contributed by atoms with Gasteiger partial charge in [0.25, 0.3) is 11.7 Å². The van der Waals surface area contributed by atoms with Crippen LogP contribution in [-0.2, 0) is 17.6 Å². The Morgan fingerprint density at radius 1 is 0.914 bits per heavy atom. The number of carbonyl (C=O) groups is 1. The van der Waals surface area contributed by atoms with E-state index in [2.05, 4.69) is 9.88 Å². The second-order valence-electron chi connectivity index (χ2n) is 9.10. The number of para-hydroxylation sites is 2. The number of hydrogen-bond acceptors (Lipinski definition) is 5. The zero-order valence-corrected chi connectivity index (χ0v) is 20.4. The lowest BCUT2D eigenvalue weighted by atomic mass is 9.89. The van der Waals surface area contributed by atoms with Crippen LogP contribution < -0.4 is 20.5 Å². The molecule has 1 saturated heterocycles. The molecule has 3 N–H and O–H groups in total. The number of fused-ring (bicyclic) bond motifs is 3. The molecule has 178 valence electrons. The molecule has 1 aliphatic carbocycles. The summed E-state index contributed by atoms with van der Waals surface area (Å²) in [6, 6.07) is 19.5. The molecule has 3 heterocycles. The van der Waals surface area contributed by atoms with Crippen molar-refractivity contribution in [1.29, 1.82) is 0 Å². The Hall–Kier alpha value is -3.42. The van der Waals surface area contributed by atoms with Gasteiger partial charge in [0.2, 0.25) is 0 Å². The molecule has 35 heavy (non-hydrogen) atoms. The smallest absolute Gasteiger partial charge is 0.279 e. The van der Waals surface area contributed by atoms with Crippen molar-refractivity contribution in [3.8, 4) is 0 Å². The maximum atomic E-state index is 14.1. The first kappa shape index (κ1) is 22.1. The van der Waals surface area contributed by atoms with Crippen LogP contribution in [0, 0.1) is 0 Å². The Morgan fingerprint density at radius 3 is 2.14 bits per heavy atom. The largest absolute Gasteiger partial charge is 0.397 e. The van der Waals surface area contributed by atoms with Gasteiger partial charge < -0.3 is 10.5 Å². The summed E-state index contributed by atoms with van der Waals surface area (Å²) in [4.78, 5) is 23.5. The minimum Gasteiger partial charge on any atom is -0.397 e. The minimum atomic E-state index is -0.105. The third-order valence-electron chi connectivity index (χ3n) is 6.99. The highest BCUT2D eigenvalue weighted by Gasteiger charge is 2.33. The van der Waals surface area contributed by atoms with Crippen LogP contribution in [0.2, 0.25) is 0 Å². The number of aromatic amines is 1. The molecule has 7 heteroatoms. The molecule has 2 aromatic carbocycles. The Morgan fingerprint density at radius 2 is 1.51 bits per heavy atom. The Kier molecular flexibility index (Phi) is 5.88. The van der Waals surface area contributed by atoms with Gasteiger partial charge in [-0.1, -0.05) is 47.7 Å². The number of pyridine rings is 1. The molecular weight excluding hydrogens is 456 g/mol. The Bertz CT molecular complexity index is 1320. The standard InChI is InChI=1S/C28H28N4O2S/c29-24-23-21-13-7-8-14-22(21)26(31-15-17-34-18-16-31)30-27(23)35-25(24)28(33)32(19-9-3-1-4-10-19)20-11-5-2-6-12-20/h1-6,9-12H,7-8,13-18,29H2/p+1. The molecule has 2 aliphatic rings. The summed E-state index contributed by atoms with van der Waals surface area (Å²) in [7, 11) is 0. The molecule has 6 rings (SSSR count). The van der Waals surface area contributed by atoms with Crippen molar-refractivity contribution < 1.29 is 14.5 Å². The molecule has 0 atom stereocenters. The number of carbonyl (C=O) groups excluding carboxylic acids is 1. The highest BCUT2D eigenvalue weighted by Crippen LogP contribution is 2.41. The summed E-state index contributed by atoms with van der Waals surface area (Å²) in [5.41, 5.74) is 11.7. The molecule has 0 saturated carbocycles. The maximum absolute atomic E-state index is 14.1. The van der Waals surface area contributed by atoms with Crippen molar-refractivity contribution in [3.05, 3.63) is 76.7 Å². The van der Waals surface area contributed by atoms with Gasteiger partial charge >= 0.3 is 0 Å². The fraction of sp³-hybridized carbons (Fsp3) is 0.286. The number of nitrogens with one attached hydrogen (secondary N) is 1. The van der Waals surface area contributed by atoms with Gasteiger partial charge in [-0.25, -0.2) is 4.98 Å². The molecule has 1 aliphatic heterocycles. The van der Waals surface area contributed by atoms with Gasteiger partial charge in [0.15, 0.2) is 4.83 Å². The minimum absolute atomic E-state index is 0.105. The van der Waals surface area contributed by atoms with Crippen LogP contribution >= 0.6 is 11.3 Å². The van der Waals surface area contributed by atoms with Crippen molar-refractivity contribution in [3.63, 3.8) is 0 Å². The monoisotopic (exact) mass is 485 g/mol. The Labute approximate surface area is 208 Å². The van der Waals surface area contributed by atoms with Crippen molar-refractivity contribution in [2.45, 2.75) is 25.7 Å². The lowest BCUT2D eigenvalue weighted by molar-refractivity contribution is -0.328. The van der Waals surface area contributed by atoms with E-state index in [9.17, 15) is 4.79 Å². The van der Waals surface area contributed by atoms with Gasteiger partial charge in [-0.15, -0.1) is 0 Å². The van der Waals surface area contributed by atoms with Crippen LogP contribution in [0.15, 0.2) is 60.7 Å². The third-order valence-corrected chi connectivity index (χ3v) is 8.09. The van der Waals surface area contributed by atoms with Gasteiger partial charge in [0, 0.05) is 16.9 Å². The number of benzene rings is 2. The van der Waals surface area contributed by atoms with Gasteiger partial charge in [0.05, 0.1) is 24.3 Å². The highest BCUT2D eigenvalue weighted by atomic mass is 32.1. The van der Waals surface area contributed by atoms with Crippen molar-refractivity contribution in [2.24, 2.45) is 0 Å². The number of morpholine rings is 1. The average Bonchev–Trinajstić information content (AvgIpc) is 3.26. The lowest BCUT2D eigenvalue weighted by Gasteiger charge is -2.26. The summed E-state index contributed by atoms with van der Waals surface area (Å²) in [5.74, 6) is 1.07. The van der Waals surface area contributed by atoms with E-state index in [0.717, 1.165) is 67.2 Å². The lowest BCUT2D eigenvalue weighted by Crippen LogP contribution is -2.40. The molecule has 0 radical (unpaired) electrons. The van der Waals surface area contributed by atoms with E-state index in [1.165, 1.54) is 34.7 Å². The SMILES string of the molecule is Nc1c(C(=O)N(c2ccccc2)c2ccccc2)sc2[nH+]c(N3CCOCC3)c3c(c12)CCCC3. The number of aryl methyl sites for hydroxylation is 1. The summed E-state index contributed by atoms with van der Waals surface area (Å²) >= 11 is 1.47. The van der Waals surface area contributed by atoms with Crippen LogP contribution in [-0.4, -0.2) is 32.2 Å². The number of H-pyrrole nitrogens is 1. The van der Waals surface area contributed by atoms with Crippen molar-refractivity contribution in [2.75, 3.05) is 41.8 Å². The summed E-state index contributed by atoms with van der Waals surface area (Å²) in [6.07, 6.45) is 4.35. The molecule has 1 fully saturated rings. The number of thiophene rings is 1. The predicted molar refractivity (Wildman–Crippen MR) is 142 cm³/mol. The summed E-state index contributed by atoms with van der Waals surface area (Å²) < 4.78 is 5.59. The van der Waals surface area contributed by atoms with Gasteiger partial charge in [-0.3, -0.25) is 14.6 Å². The summed E-state index contributed by atoms with van der Waals surface area (Å²) in [6.45, 7) is 3.22. The molecule has 0 spiro atoms. The molecule has 0 bridgehead atoms. The molecule has 6 nitrogen and oxygen atoms in total. The third kappa shape index (κ3) is 3.94. The van der Waals surface area contributed by atoms with E-state index < -0.39 is 0 Å². The fourth-order valence-corrected chi connectivity index (χ4v) is 6.39. The van der Waals surface area contributed by atoms with Gasteiger partial charge in [-0.2, -0.15) is 0 Å². The van der Waals surface area contributed by atoms with E-state index >= 15 is 0 Å². The van der Waals surface area contributed by atoms with E-state index in [-0.39, 0.29) is 5.91 Å². The molecule has 4 aromatic rings. The van der Waals surface area contributed by atoms with Crippen LogP contribution in [0.25, 0.3) is 10.2 Å². The first-order chi connectivity index (χ1) is 17.2. The number of aromatic nitrogens is 1. The number of nitrogens with two attached hydrogens (primary N) is 1. The predicted octanol–water partition coefficient (Wildman–Crippen LogP) is 4.99. The first-order valence-corrected chi connectivity index (χ1v) is 13.1. The topological polar surface area (TPSA) is 72.9 Å². The van der Waals surface area contributed by atoms with Crippen molar-refractivity contribution >= 4 is 50.3 Å². The zero-order valence-electron chi connectivity index (χ0n) is 19.6. The number of amides is 1. The number of rotatable bonds is 4. The normalized spacial score (nSPS) is 15.7. The number of nitrogen functional groups attached to an aromatic ring is 1. The molecule has 1 amide bonds. The Balaban J connectivity index is 1.50. The quantitative estimate of drug-likeness (QED) is 0.442. The van der Waals surface area contributed by atoms with E-state index in [1.54, 1.807) is 4.90 Å². The fourth-order valence-electron chi connectivity index (χ4n) is 5.31. The van der Waals surface area contributed by atoms with Crippen LogP contribution in [0.1, 0.15) is 33.6 Å². The molecule has 2 aromatic heterocycles. The van der Waals surface area contributed by atoms with Crippen LogP contribution in [0.4, 0.5) is 22.9 Å². The van der Waals surface area contributed by atoms with E-state index in [4.69, 9.17) is 10.5 Å². The second-order valence-corrected chi connectivity index (χ2v) is 10.1. The molecule has 0 unspecified atom stereocenters. The summed E-state index contributed by atoms with van der Waals surface area (Å²) in [5, 5.41) is 1.03. The maximum Gasteiger partial charge on any atom is 0.279 e. The average molecular weight is 486 g/mol. The number of hydrogen-bond donors (Lipinski definition) is 1. The van der Waals surface area contributed by atoms with Gasteiger partial charge in [0.1, 0.15) is 18.0 Å². The number of anilines is 4. The van der Waals surface area contributed by atoms with E-state index in [1.807, 2.05) is 60.7 Å². The highest BCUT2D eigenvalue weighted by molar-refractivity contribution is 7.21. The molecular formula is C28H29N4O2S+. The van der Waals surface area contributed by atoms with Crippen LogP contribution in [0.3, 0.4) is 0 Å². The second kappa shape index (κ2) is 9.32. The first-order valence-electron chi connectivity index (χ1n) is 12.3. The van der Waals surface area contributed by atoms with Crippen LogP contribution in [0.5, 0.6) is 0 Å². The number of nitrogens with zero attached hydrogens (tertiary/aromatic N) is 2. The van der Waals surface area contributed by atoms with E-state index in [0.29, 0.717) is 10.6 Å². The number of ether oxygens (including phenoxy) is 1.